The van der Waals surface area contributed by atoms with E-state index < -0.39 is 0 Å². The molecule has 0 radical (unpaired) electrons. The number of rotatable bonds is 3. The molecule has 0 aliphatic carbocycles. The summed E-state index contributed by atoms with van der Waals surface area (Å²) in [6.07, 6.45) is 0. The van der Waals surface area contributed by atoms with Crippen molar-refractivity contribution < 1.29 is 9.47 Å². The van der Waals surface area contributed by atoms with Gasteiger partial charge in [-0.05, 0) is 29.9 Å². The van der Waals surface area contributed by atoms with Crippen LogP contribution in [0.4, 0.5) is 0 Å². The predicted octanol–water partition coefficient (Wildman–Crippen LogP) is 3.05. The average molecular weight is 331 g/mol. The molecule has 1 aliphatic heterocycles. The molecule has 1 aliphatic rings. The van der Waals surface area contributed by atoms with Crippen molar-refractivity contribution in [3.63, 3.8) is 0 Å². The number of nitrogens with zero attached hydrogens (tertiary/aromatic N) is 1. The number of hydrogen-bond acceptors (Lipinski definition) is 4. The van der Waals surface area contributed by atoms with E-state index in [2.05, 4.69) is 16.7 Å². The maximum absolute atomic E-state index is 9.68. The number of benzene rings is 1. The standard InChI is InChI=1S/C17H21N3O2S/c1-17(2,3)15-11(9-18)14(19-16(23)20-15)10-6-7-12(21-4)13(8-10)22-5/h6-8,14H,1-5H3,(H2,19,20,23)/t14-/m1/s1. The van der Waals surface area contributed by atoms with E-state index in [9.17, 15) is 5.26 Å². The lowest BCUT2D eigenvalue weighted by molar-refractivity contribution is 0.354. The van der Waals surface area contributed by atoms with E-state index in [1.165, 1.54) is 0 Å². The second-order valence-electron chi connectivity index (χ2n) is 6.30. The van der Waals surface area contributed by atoms with Gasteiger partial charge in [0.2, 0.25) is 0 Å². The van der Waals surface area contributed by atoms with Gasteiger partial charge in [-0.1, -0.05) is 26.8 Å². The summed E-state index contributed by atoms with van der Waals surface area (Å²) in [7, 11) is 3.18. The fourth-order valence-electron chi connectivity index (χ4n) is 2.56. The summed E-state index contributed by atoms with van der Waals surface area (Å²) < 4.78 is 10.6. The summed E-state index contributed by atoms with van der Waals surface area (Å²) in [6, 6.07) is 7.60. The highest BCUT2D eigenvalue weighted by Gasteiger charge is 2.32. The van der Waals surface area contributed by atoms with E-state index in [1.54, 1.807) is 14.2 Å². The van der Waals surface area contributed by atoms with Crippen molar-refractivity contribution in [1.82, 2.24) is 10.6 Å². The second-order valence-corrected chi connectivity index (χ2v) is 6.70. The normalized spacial score (nSPS) is 17.9. The van der Waals surface area contributed by atoms with E-state index in [0.717, 1.165) is 11.3 Å². The molecule has 1 aromatic rings. The number of methoxy groups -OCH3 is 2. The van der Waals surface area contributed by atoms with Crippen LogP contribution in [-0.2, 0) is 0 Å². The van der Waals surface area contributed by atoms with Gasteiger partial charge in [0.1, 0.15) is 0 Å². The minimum atomic E-state index is -0.317. The van der Waals surface area contributed by atoms with Crippen LogP contribution in [-0.4, -0.2) is 19.3 Å². The minimum Gasteiger partial charge on any atom is -0.493 e. The van der Waals surface area contributed by atoms with Crippen LogP contribution < -0.4 is 20.1 Å². The van der Waals surface area contributed by atoms with Gasteiger partial charge in [-0.2, -0.15) is 5.26 Å². The highest BCUT2D eigenvalue weighted by molar-refractivity contribution is 7.80. The molecule has 0 spiro atoms. The molecule has 0 saturated carbocycles. The third kappa shape index (κ3) is 3.40. The Balaban J connectivity index is 2.57. The molecule has 0 unspecified atom stereocenters. The van der Waals surface area contributed by atoms with Gasteiger partial charge < -0.3 is 20.1 Å². The molecule has 2 rings (SSSR count). The highest BCUT2D eigenvalue weighted by Crippen LogP contribution is 2.37. The topological polar surface area (TPSA) is 66.3 Å². The quantitative estimate of drug-likeness (QED) is 0.830. The molecule has 23 heavy (non-hydrogen) atoms. The molecular formula is C17H21N3O2S. The molecule has 1 heterocycles. The van der Waals surface area contributed by atoms with E-state index in [0.29, 0.717) is 22.2 Å². The van der Waals surface area contributed by atoms with Crippen LogP contribution in [0.15, 0.2) is 29.5 Å². The Morgan fingerprint density at radius 2 is 1.83 bits per heavy atom. The van der Waals surface area contributed by atoms with Gasteiger partial charge in [0, 0.05) is 11.1 Å². The lowest BCUT2D eigenvalue weighted by Crippen LogP contribution is -2.46. The van der Waals surface area contributed by atoms with Crippen LogP contribution in [0, 0.1) is 16.7 Å². The molecule has 6 heteroatoms. The van der Waals surface area contributed by atoms with Crippen molar-refractivity contribution in [3.8, 4) is 17.6 Å². The molecule has 2 N–H and O–H groups in total. The van der Waals surface area contributed by atoms with Crippen LogP contribution in [0.3, 0.4) is 0 Å². The van der Waals surface area contributed by atoms with Crippen molar-refractivity contribution in [2.75, 3.05) is 14.2 Å². The third-order valence-corrected chi connectivity index (χ3v) is 3.90. The van der Waals surface area contributed by atoms with Gasteiger partial charge >= 0.3 is 0 Å². The maximum atomic E-state index is 9.68. The largest absolute Gasteiger partial charge is 0.493 e. The van der Waals surface area contributed by atoms with Crippen molar-refractivity contribution in [3.05, 3.63) is 35.0 Å². The van der Waals surface area contributed by atoms with Crippen molar-refractivity contribution in [2.45, 2.75) is 26.8 Å². The number of thiocarbonyl (C=S) groups is 1. The van der Waals surface area contributed by atoms with Crippen molar-refractivity contribution in [2.24, 2.45) is 5.41 Å². The molecule has 122 valence electrons. The van der Waals surface area contributed by atoms with Gasteiger partial charge in [-0.3, -0.25) is 0 Å². The van der Waals surface area contributed by atoms with Gasteiger partial charge in [0.25, 0.3) is 0 Å². The third-order valence-electron chi connectivity index (χ3n) is 3.68. The molecule has 5 nitrogen and oxygen atoms in total. The van der Waals surface area contributed by atoms with Gasteiger partial charge in [0.05, 0.1) is 31.9 Å². The zero-order valence-electron chi connectivity index (χ0n) is 14.0. The summed E-state index contributed by atoms with van der Waals surface area (Å²) >= 11 is 5.32. The number of hydrogen-bond donors (Lipinski definition) is 2. The predicted molar refractivity (Wildman–Crippen MR) is 93.3 cm³/mol. The zero-order valence-corrected chi connectivity index (χ0v) is 14.8. The van der Waals surface area contributed by atoms with E-state index >= 15 is 0 Å². The lowest BCUT2D eigenvalue weighted by Gasteiger charge is -2.35. The fourth-order valence-corrected chi connectivity index (χ4v) is 2.78. The first-order valence-electron chi connectivity index (χ1n) is 7.26. The van der Waals surface area contributed by atoms with E-state index in [-0.39, 0.29) is 11.5 Å². The molecule has 0 amide bonds. The highest BCUT2D eigenvalue weighted by atomic mass is 32.1. The Bertz CT molecular complexity index is 699. The molecular weight excluding hydrogens is 310 g/mol. The van der Waals surface area contributed by atoms with Crippen molar-refractivity contribution >= 4 is 17.3 Å². The number of allylic oxidation sites excluding steroid dienone is 1. The Morgan fingerprint density at radius 3 is 2.35 bits per heavy atom. The number of nitrogens with one attached hydrogen (secondary N) is 2. The van der Waals surface area contributed by atoms with E-state index in [1.807, 2.05) is 39.0 Å². The molecule has 0 aromatic heterocycles. The van der Waals surface area contributed by atoms with E-state index in [4.69, 9.17) is 21.7 Å². The Labute approximate surface area is 142 Å². The smallest absolute Gasteiger partial charge is 0.171 e. The Kier molecular flexibility index (Phi) is 4.81. The number of ether oxygens (including phenoxy) is 2. The first kappa shape index (κ1) is 17.1. The first-order chi connectivity index (χ1) is 10.8. The summed E-state index contributed by atoms with van der Waals surface area (Å²) in [6.45, 7) is 6.14. The first-order valence-corrected chi connectivity index (χ1v) is 7.66. The molecule has 0 saturated heterocycles. The van der Waals surface area contributed by atoms with Crippen LogP contribution >= 0.6 is 12.2 Å². The number of nitriles is 1. The molecule has 1 atom stereocenters. The van der Waals surface area contributed by atoms with Crippen LogP contribution in [0.2, 0.25) is 0 Å². The summed E-state index contributed by atoms with van der Waals surface area (Å²) in [4.78, 5) is 0. The fraction of sp³-hybridized carbons (Fsp3) is 0.412. The van der Waals surface area contributed by atoms with Crippen LogP contribution in [0.1, 0.15) is 32.4 Å². The zero-order chi connectivity index (χ0) is 17.2. The van der Waals surface area contributed by atoms with Crippen LogP contribution in [0.5, 0.6) is 11.5 Å². The van der Waals surface area contributed by atoms with Crippen molar-refractivity contribution in [1.29, 1.82) is 5.26 Å². The minimum absolute atomic E-state index is 0.216. The van der Waals surface area contributed by atoms with Crippen LogP contribution in [0.25, 0.3) is 0 Å². The average Bonchev–Trinajstić information content (AvgIpc) is 2.52. The van der Waals surface area contributed by atoms with Gasteiger partial charge in [-0.15, -0.1) is 0 Å². The Morgan fingerprint density at radius 1 is 1.17 bits per heavy atom. The van der Waals surface area contributed by atoms with Gasteiger partial charge in [0.15, 0.2) is 16.6 Å². The summed E-state index contributed by atoms with van der Waals surface area (Å²) in [5, 5.41) is 16.5. The SMILES string of the molecule is COc1ccc([C@H]2NC(=S)NC(C(C)(C)C)=C2C#N)cc1OC. The summed E-state index contributed by atoms with van der Waals surface area (Å²) in [5.74, 6) is 1.26. The summed E-state index contributed by atoms with van der Waals surface area (Å²) in [5.41, 5.74) is 2.14. The second kappa shape index (κ2) is 6.47. The van der Waals surface area contributed by atoms with Gasteiger partial charge in [-0.25, -0.2) is 0 Å². The molecule has 1 aromatic carbocycles. The monoisotopic (exact) mass is 331 g/mol. The maximum Gasteiger partial charge on any atom is 0.171 e. The molecule has 0 fully saturated rings. The Hall–Kier alpha value is -2.26. The lowest BCUT2D eigenvalue weighted by atomic mass is 9.84. The molecule has 0 bridgehead atoms.